The fraction of sp³-hybridized carbons (Fsp3) is 0. The molecule has 0 saturated carbocycles. The molecule has 0 heterocycles. The molecule has 8 aromatic carbocycles. The van der Waals surface area contributed by atoms with E-state index < -0.39 is 21.1 Å². The van der Waals surface area contributed by atoms with Crippen LogP contribution in [0, 0.1) is 0 Å². The molecule has 0 bridgehead atoms. The van der Waals surface area contributed by atoms with Crippen LogP contribution in [0.15, 0.2) is 170 Å². The van der Waals surface area contributed by atoms with Crippen molar-refractivity contribution in [2.75, 3.05) is 0 Å². The lowest BCUT2D eigenvalue weighted by Crippen LogP contribution is -1.99. The Morgan fingerprint density at radius 2 is 0.508 bits per heavy atom. The van der Waals surface area contributed by atoms with Crippen molar-refractivity contribution in [1.82, 2.24) is 0 Å². The van der Waals surface area contributed by atoms with Crippen molar-refractivity contribution in [2.24, 2.45) is 0 Å². The summed E-state index contributed by atoms with van der Waals surface area (Å²) in [6.07, 6.45) is 16.4. The maximum atomic E-state index is 9.63. The molecule has 0 fully saturated rings. The molecule has 0 aliphatic heterocycles. The second kappa shape index (κ2) is 18.8. The number of thiocarbonyl (C=S) groups is 4. The van der Waals surface area contributed by atoms with E-state index in [1.165, 1.54) is 87.6 Å². The Hall–Kier alpha value is -6.59. The molecule has 0 N–H and O–H groups in total. The average Bonchev–Trinajstić information content (AvgIpc) is 3.32. The van der Waals surface area contributed by atoms with Crippen LogP contribution >= 0.6 is 48.9 Å². The first-order chi connectivity index (χ1) is 30.6. The van der Waals surface area contributed by atoms with Crippen molar-refractivity contribution in [3.8, 4) is 0 Å². The van der Waals surface area contributed by atoms with Gasteiger partial charge in [0.05, 0.1) is 0 Å². The smallest absolute Gasteiger partial charge is 0.267 e. The van der Waals surface area contributed by atoms with Gasteiger partial charge in [0.1, 0.15) is 0 Å². The van der Waals surface area contributed by atoms with Gasteiger partial charge in [-0.3, -0.25) is 9.59 Å². The molecule has 4 aliphatic rings. The van der Waals surface area contributed by atoms with Crippen molar-refractivity contribution >= 4 is 157 Å². The molecule has 0 amide bonds. The van der Waals surface area contributed by atoms with Gasteiger partial charge in [0.15, 0.2) is 0 Å². The zero-order valence-corrected chi connectivity index (χ0v) is 37.4. The zero-order valence-electron chi connectivity index (χ0n) is 33.3. The van der Waals surface area contributed by atoms with E-state index in [1.54, 1.807) is 0 Å². The van der Waals surface area contributed by atoms with E-state index in [9.17, 15) is 18.0 Å². The molecule has 9 heteroatoms. The van der Waals surface area contributed by atoms with Gasteiger partial charge >= 0.3 is 0 Å². The summed E-state index contributed by atoms with van der Waals surface area (Å²) in [5, 5.41) is 10.3. The van der Waals surface area contributed by atoms with E-state index in [0.29, 0.717) is 0 Å². The number of benzene rings is 8. The van der Waals surface area contributed by atoms with Crippen molar-refractivity contribution in [3.63, 3.8) is 0 Å². The largest absolute Gasteiger partial charge is 0.285 e. The van der Waals surface area contributed by atoms with Crippen molar-refractivity contribution < 1.29 is 18.0 Å². The zero-order chi connectivity index (χ0) is 44.1. The normalized spacial score (nSPS) is 13.2. The number of hydrogen-bond acceptors (Lipinski definition) is 8. The minimum Gasteiger partial charge on any atom is -0.285 e. The van der Waals surface area contributed by atoms with Gasteiger partial charge < -0.3 is 0 Å². The second-order valence-electron chi connectivity index (χ2n) is 14.6. The monoisotopic (exact) mass is 906 g/mol. The summed E-state index contributed by atoms with van der Waals surface area (Å²) in [5.41, 5.74) is 9.04. The van der Waals surface area contributed by atoms with Crippen LogP contribution in [0.1, 0.15) is 44.5 Å². The molecule has 63 heavy (non-hydrogen) atoms. The first kappa shape index (κ1) is 43.1. The molecular weight excluding hydrogens is 873 g/mol. The minimum atomic E-state index is -4.02. The van der Waals surface area contributed by atoms with Crippen LogP contribution in [0.5, 0.6) is 0 Å². The summed E-state index contributed by atoms with van der Waals surface area (Å²) in [4.78, 5) is 22.2. The summed E-state index contributed by atoms with van der Waals surface area (Å²) in [6.45, 7) is 0. The highest BCUT2D eigenvalue weighted by molar-refractivity contribution is 8.15. The molecule has 304 valence electrons. The molecule has 4 nitrogen and oxygen atoms in total. The number of rotatable bonds is 2. The van der Waals surface area contributed by atoms with Crippen LogP contribution in [0.25, 0.3) is 67.4 Å². The number of sulfone groups is 1. The van der Waals surface area contributed by atoms with Crippen LogP contribution < -0.4 is 0 Å². The molecule has 8 aromatic rings. The lowest BCUT2D eigenvalue weighted by molar-refractivity contribution is 0.549. The Labute approximate surface area is 386 Å². The van der Waals surface area contributed by atoms with Gasteiger partial charge in [-0.1, -0.05) is 219 Å². The highest BCUT2D eigenvalue weighted by Gasteiger charge is 2.14. The Morgan fingerprint density at radius 1 is 0.302 bits per heavy atom. The summed E-state index contributed by atoms with van der Waals surface area (Å²) in [6, 6.07) is 50.5. The highest BCUT2D eigenvalue weighted by atomic mass is 32.2. The predicted octanol–water partition coefficient (Wildman–Crippen LogP) is 13.1. The van der Waals surface area contributed by atoms with E-state index >= 15 is 0 Å². The third-order valence-electron chi connectivity index (χ3n) is 10.7. The fourth-order valence-electron chi connectivity index (χ4n) is 7.90. The quantitative estimate of drug-likeness (QED) is 0.126. The Morgan fingerprint density at radius 3 is 0.698 bits per heavy atom. The number of hydrogen-bond donors (Lipinski definition) is 0. The SMILES string of the molecule is O=CS(=O)(=O)C=O.S=C1C=Cc2cccc3cccc1c23.S=C1C=Cc2cccc3cccc1c23.S=C1C=Cc2cccc3cccc1c23.S=C1C=Cc2cccc3cccc1c23. The van der Waals surface area contributed by atoms with Crippen molar-refractivity contribution in [3.05, 3.63) is 214 Å². The highest BCUT2D eigenvalue weighted by Crippen LogP contribution is 2.32. The molecular formula is C54H34O4S5. The maximum Gasteiger partial charge on any atom is 0.267 e. The first-order valence-corrected chi connectivity index (χ1v) is 22.9. The number of allylic oxidation sites excluding steroid dienone is 4. The fourth-order valence-corrected chi connectivity index (χ4v) is 8.90. The van der Waals surface area contributed by atoms with Gasteiger partial charge in [-0.25, -0.2) is 8.42 Å². The predicted molar refractivity (Wildman–Crippen MR) is 281 cm³/mol. The van der Waals surface area contributed by atoms with Gasteiger partial charge in [-0.05, 0) is 89.6 Å². The Balaban J connectivity index is 0.000000110. The van der Waals surface area contributed by atoms with Gasteiger partial charge in [0.2, 0.25) is 11.2 Å². The molecule has 0 spiro atoms. The van der Waals surface area contributed by atoms with Crippen molar-refractivity contribution in [1.29, 1.82) is 0 Å². The third-order valence-corrected chi connectivity index (χ3v) is 12.7. The Kier molecular flexibility index (Phi) is 12.9. The summed E-state index contributed by atoms with van der Waals surface area (Å²) >= 11 is 21.2. The maximum absolute atomic E-state index is 9.63. The topological polar surface area (TPSA) is 68.3 Å². The summed E-state index contributed by atoms with van der Waals surface area (Å²) < 4.78 is 19.3. The average molecular weight is 907 g/mol. The standard InChI is InChI=1S/4C13H8S.C2H2O4S/c4*14-12-8-7-10-4-1-3-9-5-2-6-11(12)13(9)10;3-1-7(5,6)2-4/h4*1-8H;1-2H. The number of carbonyl (C=O) groups excluding carboxylic acids is 2. The molecule has 4 aliphatic carbocycles. The minimum absolute atomic E-state index is 0.403. The molecule has 12 rings (SSSR count). The van der Waals surface area contributed by atoms with Crippen LogP contribution in [0.4, 0.5) is 0 Å². The third kappa shape index (κ3) is 9.15. The van der Waals surface area contributed by atoms with E-state index in [-0.39, 0.29) is 0 Å². The molecule has 0 atom stereocenters. The van der Waals surface area contributed by atoms with Gasteiger partial charge in [0.25, 0.3) is 9.84 Å². The molecule has 0 saturated heterocycles. The van der Waals surface area contributed by atoms with E-state index in [2.05, 4.69) is 170 Å². The van der Waals surface area contributed by atoms with Crippen LogP contribution in [-0.4, -0.2) is 39.1 Å². The Bertz CT molecular complexity index is 3030. The van der Waals surface area contributed by atoms with Crippen LogP contribution in [-0.2, 0) is 19.4 Å². The second-order valence-corrected chi connectivity index (χ2v) is 17.9. The van der Waals surface area contributed by atoms with Gasteiger partial charge in [-0.2, -0.15) is 0 Å². The van der Waals surface area contributed by atoms with Crippen molar-refractivity contribution in [2.45, 2.75) is 0 Å². The lowest BCUT2D eigenvalue weighted by Gasteiger charge is -2.12. The van der Waals surface area contributed by atoms with Gasteiger partial charge in [-0.15, -0.1) is 0 Å². The van der Waals surface area contributed by atoms with Crippen LogP contribution in [0.3, 0.4) is 0 Å². The molecule has 0 aromatic heterocycles. The van der Waals surface area contributed by atoms with Crippen LogP contribution in [0.2, 0.25) is 0 Å². The number of carbonyl (C=O) groups is 2. The first-order valence-electron chi connectivity index (χ1n) is 19.7. The summed E-state index contributed by atoms with van der Waals surface area (Å²) in [7, 11) is -4.02. The lowest BCUT2D eigenvalue weighted by atomic mass is 9.93. The molecule has 0 unspecified atom stereocenters. The van der Waals surface area contributed by atoms with E-state index in [4.69, 9.17) is 48.9 Å². The van der Waals surface area contributed by atoms with Gasteiger partial charge in [0, 0.05) is 41.7 Å². The molecule has 0 radical (unpaired) electrons. The summed E-state index contributed by atoms with van der Waals surface area (Å²) in [5.74, 6) is 0. The van der Waals surface area contributed by atoms with E-state index in [0.717, 1.165) is 19.5 Å². The van der Waals surface area contributed by atoms with E-state index in [1.807, 2.05) is 24.3 Å².